The average molecular weight is 352 g/mol. The van der Waals surface area contributed by atoms with E-state index in [1.807, 2.05) is 45.0 Å². The molecule has 25 heavy (non-hydrogen) atoms. The van der Waals surface area contributed by atoms with Gasteiger partial charge < -0.3 is 24.8 Å². The number of carbonyl (C=O) groups excluding carboxylic acids is 2. The molecule has 7 nitrogen and oxygen atoms in total. The lowest BCUT2D eigenvalue weighted by Crippen LogP contribution is -2.52. The number of carbonyl (C=O) groups is 2. The topological polar surface area (TPSA) is 85.9 Å². The average Bonchev–Trinajstić information content (AvgIpc) is 2.60. The quantitative estimate of drug-likeness (QED) is 0.749. The molecular formula is C18H28N2O5. The van der Waals surface area contributed by atoms with Crippen molar-refractivity contribution in [3.05, 3.63) is 29.8 Å². The highest BCUT2D eigenvalue weighted by Crippen LogP contribution is 2.23. The number of ether oxygens (including phenoxy) is 3. The molecule has 0 aliphatic carbocycles. The second-order valence-electron chi connectivity index (χ2n) is 6.08. The summed E-state index contributed by atoms with van der Waals surface area (Å²) in [6.45, 7) is 5.55. The van der Waals surface area contributed by atoms with Crippen LogP contribution in [0.25, 0.3) is 0 Å². The molecule has 7 heteroatoms. The number of alkyl carbamates (subject to hydrolysis) is 1. The summed E-state index contributed by atoms with van der Waals surface area (Å²) in [5.41, 5.74) is 0.915. The van der Waals surface area contributed by atoms with Gasteiger partial charge in [0.2, 0.25) is 5.91 Å². The highest BCUT2D eigenvalue weighted by molar-refractivity contribution is 5.86. The molecule has 0 unspecified atom stereocenters. The van der Waals surface area contributed by atoms with Gasteiger partial charge in [0.15, 0.2) is 0 Å². The lowest BCUT2D eigenvalue weighted by Gasteiger charge is -2.27. The molecule has 0 saturated carbocycles. The summed E-state index contributed by atoms with van der Waals surface area (Å²) >= 11 is 0. The number of hydrogen-bond acceptors (Lipinski definition) is 5. The maximum absolute atomic E-state index is 12.5. The van der Waals surface area contributed by atoms with Crippen LogP contribution in [-0.2, 0) is 14.3 Å². The Hall–Kier alpha value is -2.28. The molecule has 2 amide bonds. The van der Waals surface area contributed by atoms with Crippen molar-refractivity contribution >= 4 is 12.0 Å². The number of rotatable bonds is 8. The van der Waals surface area contributed by atoms with E-state index in [4.69, 9.17) is 9.47 Å². The van der Waals surface area contributed by atoms with Crippen LogP contribution in [0.15, 0.2) is 24.3 Å². The van der Waals surface area contributed by atoms with Crippen molar-refractivity contribution in [2.45, 2.75) is 39.0 Å². The Labute approximate surface area is 149 Å². The van der Waals surface area contributed by atoms with Crippen LogP contribution < -0.4 is 15.4 Å². The zero-order valence-electron chi connectivity index (χ0n) is 15.7. The summed E-state index contributed by atoms with van der Waals surface area (Å²) in [5, 5.41) is 5.46. The summed E-state index contributed by atoms with van der Waals surface area (Å²) in [4.78, 5) is 24.0. The number of hydrogen-bond donors (Lipinski definition) is 2. The van der Waals surface area contributed by atoms with E-state index in [-0.39, 0.29) is 24.0 Å². The van der Waals surface area contributed by atoms with E-state index in [1.165, 1.54) is 7.11 Å². The van der Waals surface area contributed by atoms with E-state index < -0.39 is 12.1 Å². The van der Waals surface area contributed by atoms with Gasteiger partial charge in [0.25, 0.3) is 0 Å². The van der Waals surface area contributed by atoms with E-state index >= 15 is 0 Å². The molecule has 0 spiro atoms. The fourth-order valence-electron chi connectivity index (χ4n) is 2.53. The van der Waals surface area contributed by atoms with E-state index in [1.54, 1.807) is 14.2 Å². The predicted molar refractivity (Wildman–Crippen MR) is 94.5 cm³/mol. The van der Waals surface area contributed by atoms with Gasteiger partial charge in [0.1, 0.15) is 17.9 Å². The summed E-state index contributed by atoms with van der Waals surface area (Å²) < 4.78 is 15.3. The zero-order valence-corrected chi connectivity index (χ0v) is 15.7. The Morgan fingerprint density at radius 3 is 2.00 bits per heavy atom. The van der Waals surface area contributed by atoms with E-state index in [0.717, 1.165) is 11.3 Å². The van der Waals surface area contributed by atoms with E-state index in [0.29, 0.717) is 0 Å². The molecule has 0 bridgehead atoms. The molecular weight excluding hydrogens is 324 g/mol. The van der Waals surface area contributed by atoms with Crippen LogP contribution in [0.4, 0.5) is 4.79 Å². The molecule has 0 aromatic heterocycles. The smallest absolute Gasteiger partial charge is 0.407 e. The molecule has 140 valence electrons. The number of benzene rings is 1. The highest BCUT2D eigenvalue weighted by atomic mass is 16.5. The molecule has 1 aromatic rings. The van der Waals surface area contributed by atoms with Crippen molar-refractivity contribution < 1.29 is 23.8 Å². The van der Waals surface area contributed by atoms with E-state index in [2.05, 4.69) is 15.4 Å². The maximum atomic E-state index is 12.5. The van der Waals surface area contributed by atoms with Gasteiger partial charge in [-0.15, -0.1) is 0 Å². The SMILES string of the molecule is COC(=O)N[C@H](C(=O)N[C@H](C)[C@H](OC)c1ccc(OC)cc1)C(C)C. The van der Waals surface area contributed by atoms with Gasteiger partial charge in [0, 0.05) is 7.11 Å². The fraction of sp³-hybridized carbons (Fsp3) is 0.556. The van der Waals surface area contributed by atoms with Gasteiger partial charge in [-0.25, -0.2) is 4.79 Å². The molecule has 0 aliphatic heterocycles. The number of amides is 2. The molecule has 0 saturated heterocycles. The monoisotopic (exact) mass is 352 g/mol. The van der Waals surface area contributed by atoms with Crippen LogP contribution in [0.5, 0.6) is 5.75 Å². The lowest BCUT2D eigenvalue weighted by molar-refractivity contribution is -0.125. The Kier molecular flexibility index (Phi) is 8.21. The minimum Gasteiger partial charge on any atom is -0.497 e. The molecule has 0 radical (unpaired) electrons. The van der Waals surface area contributed by atoms with Crippen LogP contribution in [0.1, 0.15) is 32.4 Å². The number of methoxy groups -OCH3 is 3. The standard InChI is InChI=1S/C18H28N2O5/c1-11(2)15(20-18(22)25-6)17(21)19-12(3)16(24-5)13-7-9-14(23-4)10-8-13/h7-12,15-16H,1-6H3,(H,19,21)(H,20,22)/t12-,15+,16+/m1/s1. The third-order valence-electron chi connectivity index (χ3n) is 3.93. The lowest BCUT2D eigenvalue weighted by atomic mass is 10.0. The summed E-state index contributed by atoms with van der Waals surface area (Å²) in [7, 11) is 4.45. The van der Waals surface area contributed by atoms with Crippen LogP contribution in [0.3, 0.4) is 0 Å². The van der Waals surface area contributed by atoms with Crippen molar-refractivity contribution in [3.8, 4) is 5.75 Å². The first kappa shape index (κ1) is 20.8. The van der Waals surface area contributed by atoms with Gasteiger partial charge >= 0.3 is 6.09 Å². The van der Waals surface area contributed by atoms with Gasteiger partial charge in [-0.05, 0) is 30.5 Å². The molecule has 0 heterocycles. The summed E-state index contributed by atoms with van der Waals surface area (Å²) in [6.07, 6.45) is -0.972. The van der Waals surface area contributed by atoms with Crippen LogP contribution in [0, 0.1) is 5.92 Å². The largest absolute Gasteiger partial charge is 0.497 e. The molecule has 2 N–H and O–H groups in total. The minimum absolute atomic E-state index is 0.0896. The Morgan fingerprint density at radius 2 is 1.56 bits per heavy atom. The van der Waals surface area contributed by atoms with Gasteiger partial charge in [-0.3, -0.25) is 4.79 Å². The van der Waals surface area contributed by atoms with Crippen LogP contribution in [0.2, 0.25) is 0 Å². The van der Waals surface area contributed by atoms with Crippen molar-refractivity contribution in [1.29, 1.82) is 0 Å². The van der Waals surface area contributed by atoms with Crippen molar-refractivity contribution in [2.75, 3.05) is 21.3 Å². The molecule has 3 atom stereocenters. The Morgan fingerprint density at radius 1 is 0.960 bits per heavy atom. The second kappa shape index (κ2) is 9.88. The summed E-state index contributed by atoms with van der Waals surface area (Å²) in [5.74, 6) is 0.370. The number of nitrogens with one attached hydrogen (secondary N) is 2. The third-order valence-corrected chi connectivity index (χ3v) is 3.93. The third kappa shape index (κ3) is 5.94. The molecule has 0 fully saturated rings. The van der Waals surface area contributed by atoms with Gasteiger partial charge in [0.05, 0.1) is 20.3 Å². The first-order valence-corrected chi connectivity index (χ1v) is 8.15. The normalized spacial score (nSPS) is 14.4. The second-order valence-corrected chi connectivity index (χ2v) is 6.08. The molecule has 1 rings (SSSR count). The van der Waals surface area contributed by atoms with Crippen molar-refractivity contribution in [1.82, 2.24) is 10.6 Å². The highest BCUT2D eigenvalue weighted by Gasteiger charge is 2.28. The maximum Gasteiger partial charge on any atom is 0.407 e. The first-order valence-electron chi connectivity index (χ1n) is 8.15. The van der Waals surface area contributed by atoms with Crippen LogP contribution in [-0.4, -0.2) is 45.4 Å². The Balaban J connectivity index is 2.82. The van der Waals surface area contributed by atoms with E-state index in [9.17, 15) is 9.59 Å². The zero-order chi connectivity index (χ0) is 19.0. The van der Waals surface area contributed by atoms with Crippen molar-refractivity contribution in [2.24, 2.45) is 5.92 Å². The van der Waals surface area contributed by atoms with Crippen LogP contribution >= 0.6 is 0 Å². The molecule has 0 aliphatic rings. The van der Waals surface area contributed by atoms with Gasteiger partial charge in [-0.2, -0.15) is 0 Å². The van der Waals surface area contributed by atoms with Gasteiger partial charge in [-0.1, -0.05) is 26.0 Å². The first-order chi connectivity index (χ1) is 11.8. The molecule has 1 aromatic carbocycles. The minimum atomic E-state index is -0.691. The summed E-state index contributed by atoms with van der Waals surface area (Å²) in [6, 6.07) is 6.47. The predicted octanol–water partition coefficient (Wildman–Crippen LogP) is 2.27. The van der Waals surface area contributed by atoms with Crippen molar-refractivity contribution in [3.63, 3.8) is 0 Å². The fourth-order valence-corrected chi connectivity index (χ4v) is 2.53. The Bertz CT molecular complexity index is 559.